The summed E-state index contributed by atoms with van der Waals surface area (Å²) in [7, 11) is 0. The van der Waals surface area contributed by atoms with Gasteiger partial charge in [-0.05, 0) is 43.4 Å². The summed E-state index contributed by atoms with van der Waals surface area (Å²) in [6.07, 6.45) is 6.74. The van der Waals surface area contributed by atoms with Gasteiger partial charge >= 0.3 is 0 Å². The van der Waals surface area contributed by atoms with Crippen LogP contribution in [0.25, 0.3) is 0 Å². The van der Waals surface area contributed by atoms with Crippen LogP contribution in [-0.4, -0.2) is 21.8 Å². The molecule has 23 heavy (non-hydrogen) atoms. The van der Waals surface area contributed by atoms with Gasteiger partial charge in [-0.1, -0.05) is 31.4 Å². The van der Waals surface area contributed by atoms with E-state index in [1.165, 1.54) is 37.7 Å². The van der Waals surface area contributed by atoms with E-state index in [1.807, 2.05) is 13.0 Å². The smallest absolute Gasteiger partial charge is 0.164 e. The van der Waals surface area contributed by atoms with Gasteiger partial charge in [-0.2, -0.15) is 5.10 Å². The van der Waals surface area contributed by atoms with Gasteiger partial charge in [0.2, 0.25) is 0 Å². The third-order valence-corrected chi connectivity index (χ3v) is 4.36. The number of aromatic amines is 1. The van der Waals surface area contributed by atoms with E-state index in [2.05, 4.69) is 38.7 Å². The number of H-pyrrole nitrogens is 1. The Bertz CT molecular complexity index is 605. The molecule has 2 aromatic rings. The van der Waals surface area contributed by atoms with E-state index in [0.717, 1.165) is 36.5 Å². The number of hydrogen-bond donors (Lipinski definition) is 2. The molecule has 0 bridgehead atoms. The molecule has 5 nitrogen and oxygen atoms in total. The highest BCUT2D eigenvalue weighted by Gasteiger charge is 2.13. The van der Waals surface area contributed by atoms with Crippen LogP contribution in [0.1, 0.15) is 49.3 Å². The standard InChI is InChI=1S/C18H26N4O/c1-14-20-18(22-21-14)12-19-11-16-8-5-9-17(10-16)23-13-15-6-3-2-4-7-15/h5,8-10,15,19H,2-4,6-7,11-13H2,1H3,(H,20,21,22). The van der Waals surface area contributed by atoms with Crippen molar-refractivity contribution in [2.24, 2.45) is 5.92 Å². The molecule has 0 amide bonds. The minimum Gasteiger partial charge on any atom is -0.493 e. The largest absolute Gasteiger partial charge is 0.493 e. The highest BCUT2D eigenvalue weighted by molar-refractivity contribution is 5.28. The lowest BCUT2D eigenvalue weighted by Crippen LogP contribution is -2.16. The molecule has 3 rings (SSSR count). The lowest BCUT2D eigenvalue weighted by atomic mass is 9.90. The molecular weight excluding hydrogens is 288 g/mol. The Balaban J connectivity index is 1.44. The normalized spacial score (nSPS) is 15.7. The maximum absolute atomic E-state index is 6.00. The van der Waals surface area contributed by atoms with Gasteiger partial charge in [0.25, 0.3) is 0 Å². The Morgan fingerprint density at radius 1 is 1.22 bits per heavy atom. The van der Waals surface area contributed by atoms with Crippen molar-refractivity contribution in [2.45, 2.75) is 52.1 Å². The second-order valence-electron chi connectivity index (χ2n) is 6.40. The minimum absolute atomic E-state index is 0.664. The van der Waals surface area contributed by atoms with Crippen molar-refractivity contribution >= 4 is 0 Å². The molecule has 0 saturated heterocycles. The second kappa shape index (κ2) is 8.11. The van der Waals surface area contributed by atoms with Crippen LogP contribution in [0.5, 0.6) is 5.75 Å². The number of rotatable bonds is 7. The Hall–Kier alpha value is -1.88. The van der Waals surface area contributed by atoms with Crippen molar-refractivity contribution in [2.75, 3.05) is 6.61 Å². The zero-order chi connectivity index (χ0) is 15.9. The van der Waals surface area contributed by atoms with Crippen molar-refractivity contribution in [3.63, 3.8) is 0 Å². The lowest BCUT2D eigenvalue weighted by molar-refractivity contribution is 0.208. The van der Waals surface area contributed by atoms with E-state index < -0.39 is 0 Å². The molecule has 5 heteroatoms. The van der Waals surface area contributed by atoms with E-state index in [-0.39, 0.29) is 0 Å². The van der Waals surface area contributed by atoms with Crippen molar-refractivity contribution in [3.05, 3.63) is 41.5 Å². The summed E-state index contributed by atoms with van der Waals surface area (Å²) in [6, 6.07) is 8.35. The molecule has 1 aliphatic rings. The molecule has 124 valence electrons. The molecule has 1 heterocycles. The summed E-state index contributed by atoms with van der Waals surface area (Å²) in [5, 5.41) is 10.3. The maximum atomic E-state index is 6.00. The molecule has 0 spiro atoms. The van der Waals surface area contributed by atoms with Gasteiger partial charge in [0, 0.05) is 6.54 Å². The molecule has 0 atom stereocenters. The zero-order valence-electron chi connectivity index (χ0n) is 13.8. The molecule has 1 aliphatic carbocycles. The molecular formula is C18H26N4O. The molecule has 2 N–H and O–H groups in total. The quantitative estimate of drug-likeness (QED) is 0.822. The van der Waals surface area contributed by atoms with E-state index in [4.69, 9.17) is 4.74 Å². The zero-order valence-corrected chi connectivity index (χ0v) is 13.8. The highest BCUT2D eigenvalue weighted by atomic mass is 16.5. The summed E-state index contributed by atoms with van der Waals surface area (Å²) < 4.78 is 6.00. The van der Waals surface area contributed by atoms with E-state index >= 15 is 0 Å². The highest BCUT2D eigenvalue weighted by Crippen LogP contribution is 2.24. The summed E-state index contributed by atoms with van der Waals surface area (Å²) in [4.78, 5) is 4.29. The lowest BCUT2D eigenvalue weighted by Gasteiger charge is -2.21. The van der Waals surface area contributed by atoms with Crippen molar-refractivity contribution < 1.29 is 4.74 Å². The number of benzene rings is 1. The van der Waals surface area contributed by atoms with Gasteiger partial charge in [0.15, 0.2) is 5.82 Å². The van der Waals surface area contributed by atoms with Gasteiger partial charge in [-0.15, -0.1) is 0 Å². The molecule has 1 saturated carbocycles. The Morgan fingerprint density at radius 2 is 2.09 bits per heavy atom. The van der Waals surface area contributed by atoms with Crippen molar-refractivity contribution in [3.8, 4) is 5.75 Å². The van der Waals surface area contributed by atoms with Gasteiger partial charge in [-0.3, -0.25) is 5.10 Å². The minimum atomic E-state index is 0.664. The fourth-order valence-electron chi connectivity index (χ4n) is 3.10. The van der Waals surface area contributed by atoms with E-state index in [0.29, 0.717) is 6.54 Å². The SMILES string of the molecule is Cc1nc(CNCc2cccc(OCC3CCCCC3)c2)n[nH]1. The number of nitrogens with one attached hydrogen (secondary N) is 2. The summed E-state index contributed by atoms with van der Waals surface area (Å²) in [5.74, 6) is 3.36. The molecule has 0 aliphatic heterocycles. The first kappa shape index (κ1) is 16.0. The Morgan fingerprint density at radius 3 is 2.87 bits per heavy atom. The van der Waals surface area contributed by atoms with Crippen LogP contribution in [0.3, 0.4) is 0 Å². The molecule has 1 fully saturated rings. The van der Waals surface area contributed by atoms with Crippen LogP contribution >= 0.6 is 0 Å². The number of aryl methyl sites for hydroxylation is 1. The summed E-state index contributed by atoms with van der Waals surface area (Å²) in [5.41, 5.74) is 1.22. The summed E-state index contributed by atoms with van der Waals surface area (Å²) >= 11 is 0. The van der Waals surface area contributed by atoms with Gasteiger partial charge in [0.05, 0.1) is 13.2 Å². The van der Waals surface area contributed by atoms with Crippen molar-refractivity contribution in [1.82, 2.24) is 20.5 Å². The Labute approximate surface area is 137 Å². The fourth-order valence-corrected chi connectivity index (χ4v) is 3.10. The van der Waals surface area contributed by atoms with Crippen LogP contribution in [0.4, 0.5) is 0 Å². The maximum Gasteiger partial charge on any atom is 0.164 e. The number of aromatic nitrogens is 3. The summed E-state index contributed by atoms with van der Waals surface area (Å²) in [6.45, 7) is 4.21. The third-order valence-electron chi connectivity index (χ3n) is 4.36. The third kappa shape index (κ3) is 5.06. The van der Waals surface area contributed by atoms with Gasteiger partial charge in [-0.25, -0.2) is 4.98 Å². The van der Waals surface area contributed by atoms with Crippen LogP contribution in [-0.2, 0) is 13.1 Å². The molecule has 0 unspecified atom stereocenters. The number of hydrogen-bond acceptors (Lipinski definition) is 4. The average molecular weight is 314 g/mol. The van der Waals surface area contributed by atoms with Crippen LogP contribution < -0.4 is 10.1 Å². The van der Waals surface area contributed by atoms with Gasteiger partial charge < -0.3 is 10.1 Å². The van der Waals surface area contributed by atoms with Crippen LogP contribution in [0.2, 0.25) is 0 Å². The van der Waals surface area contributed by atoms with E-state index in [9.17, 15) is 0 Å². The first-order valence-corrected chi connectivity index (χ1v) is 8.60. The predicted octanol–water partition coefficient (Wildman–Crippen LogP) is 3.36. The predicted molar refractivity (Wildman–Crippen MR) is 90.2 cm³/mol. The van der Waals surface area contributed by atoms with Crippen molar-refractivity contribution in [1.29, 1.82) is 0 Å². The number of nitrogens with zero attached hydrogens (tertiary/aromatic N) is 2. The monoisotopic (exact) mass is 314 g/mol. The topological polar surface area (TPSA) is 62.8 Å². The van der Waals surface area contributed by atoms with Crippen LogP contribution in [0, 0.1) is 12.8 Å². The first-order chi connectivity index (χ1) is 11.3. The number of ether oxygens (including phenoxy) is 1. The second-order valence-corrected chi connectivity index (χ2v) is 6.40. The molecule has 1 aromatic carbocycles. The Kier molecular flexibility index (Phi) is 5.64. The van der Waals surface area contributed by atoms with Crippen LogP contribution in [0.15, 0.2) is 24.3 Å². The molecule has 0 radical (unpaired) electrons. The molecule has 1 aromatic heterocycles. The average Bonchev–Trinajstić information content (AvgIpc) is 3.00. The van der Waals surface area contributed by atoms with E-state index in [1.54, 1.807) is 0 Å². The first-order valence-electron chi connectivity index (χ1n) is 8.60. The fraction of sp³-hybridized carbons (Fsp3) is 0.556. The van der Waals surface area contributed by atoms with Gasteiger partial charge in [0.1, 0.15) is 11.6 Å².